The highest BCUT2D eigenvalue weighted by molar-refractivity contribution is 5.80. The van der Waals surface area contributed by atoms with E-state index in [0.717, 1.165) is 36.4 Å². The maximum atomic E-state index is 11.1. The molecule has 0 amide bonds. The monoisotopic (exact) mass is 263 g/mol. The van der Waals surface area contributed by atoms with Crippen molar-refractivity contribution in [3.05, 3.63) is 23.3 Å². The van der Waals surface area contributed by atoms with Crippen molar-refractivity contribution in [3.63, 3.8) is 0 Å². The maximum Gasteiger partial charge on any atom is 0.150 e. The predicted octanol–water partition coefficient (Wildman–Crippen LogP) is 2.43. The third kappa shape index (κ3) is 2.89. The third-order valence-electron chi connectivity index (χ3n) is 3.47. The number of rotatable bonds is 4. The Kier molecular flexibility index (Phi) is 4.43. The Morgan fingerprint density at radius 1 is 1.53 bits per heavy atom. The summed E-state index contributed by atoms with van der Waals surface area (Å²) in [5, 5.41) is 0. The molecule has 1 atom stereocenters. The van der Waals surface area contributed by atoms with Crippen molar-refractivity contribution in [2.75, 3.05) is 31.3 Å². The molecule has 1 heterocycles. The van der Waals surface area contributed by atoms with Crippen LogP contribution in [0.5, 0.6) is 5.75 Å². The van der Waals surface area contributed by atoms with E-state index in [0.29, 0.717) is 24.8 Å². The topological polar surface area (TPSA) is 38.8 Å². The minimum absolute atomic E-state index is 0.309. The van der Waals surface area contributed by atoms with Gasteiger partial charge in [-0.25, -0.2) is 0 Å². The molecule has 1 aromatic carbocycles. The van der Waals surface area contributed by atoms with Crippen LogP contribution < -0.4 is 9.64 Å². The summed E-state index contributed by atoms with van der Waals surface area (Å²) in [6.07, 6.45) is 0.872. The first-order chi connectivity index (χ1) is 9.17. The highest BCUT2D eigenvalue weighted by atomic mass is 16.5. The lowest BCUT2D eigenvalue weighted by atomic mass is 10.1. The van der Waals surface area contributed by atoms with Crippen LogP contribution in [0.4, 0.5) is 5.69 Å². The zero-order valence-corrected chi connectivity index (χ0v) is 11.8. The quantitative estimate of drug-likeness (QED) is 0.782. The van der Waals surface area contributed by atoms with E-state index >= 15 is 0 Å². The summed E-state index contributed by atoms with van der Waals surface area (Å²) in [6.45, 7) is 9.00. The van der Waals surface area contributed by atoms with Gasteiger partial charge in [0.15, 0.2) is 0 Å². The number of ether oxygens (including phenoxy) is 2. The molecular weight excluding hydrogens is 242 g/mol. The number of hydrogen-bond donors (Lipinski definition) is 0. The van der Waals surface area contributed by atoms with Gasteiger partial charge >= 0.3 is 0 Å². The lowest BCUT2D eigenvalue weighted by Crippen LogP contribution is -2.44. The molecule has 104 valence electrons. The smallest absolute Gasteiger partial charge is 0.150 e. The SMILES string of the molecule is CCOc1cc(C=O)cc(N2CCOCC2C)c1C. The maximum absolute atomic E-state index is 11.1. The number of nitrogens with zero attached hydrogens (tertiary/aromatic N) is 1. The molecule has 1 aromatic rings. The summed E-state index contributed by atoms with van der Waals surface area (Å²) in [6, 6.07) is 4.05. The number of morpholine rings is 1. The molecule has 0 bridgehead atoms. The predicted molar refractivity (Wildman–Crippen MR) is 75.4 cm³/mol. The standard InChI is InChI=1S/C15H21NO3/c1-4-19-15-8-13(9-17)7-14(12(15)3)16-5-6-18-10-11(16)2/h7-9,11H,4-6,10H2,1-3H3. The normalized spacial score (nSPS) is 19.3. The summed E-state index contributed by atoms with van der Waals surface area (Å²) >= 11 is 0. The van der Waals surface area contributed by atoms with Crippen LogP contribution in [0, 0.1) is 6.92 Å². The lowest BCUT2D eigenvalue weighted by molar-refractivity contribution is 0.0988. The zero-order valence-electron chi connectivity index (χ0n) is 11.8. The van der Waals surface area contributed by atoms with Gasteiger partial charge in [-0.1, -0.05) is 0 Å². The van der Waals surface area contributed by atoms with Crippen LogP contribution >= 0.6 is 0 Å². The van der Waals surface area contributed by atoms with Crippen LogP contribution in [0.2, 0.25) is 0 Å². The Labute approximate surface area is 114 Å². The number of hydrogen-bond acceptors (Lipinski definition) is 4. The van der Waals surface area contributed by atoms with Gasteiger partial charge in [-0.05, 0) is 32.9 Å². The van der Waals surface area contributed by atoms with Crippen LogP contribution in [-0.2, 0) is 4.74 Å². The van der Waals surface area contributed by atoms with Gasteiger partial charge in [-0.15, -0.1) is 0 Å². The molecular formula is C15H21NO3. The van der Waals surface area contributed by atoms with E-state index in [1.807, 2.05) is 19.9 Å². The van der Waals surface area contributed by atoms with Gasteiger partial charge in [0.05, 0.1) is 19.8 Å². The Hall–Kier alpha value is -1.55. The van der Waals surface area contributed by atoms with Crippen LogP contribution in [-0.4, -0.2) is 38.7 Å². The van der Waals surface area contributed by atoms with E-state index in [1.165, 1.54) is 0 Å². The molecule has 0 aromatic heterocycles. The van der Waals surface area contributed by atoms with Crippen molar-refractivity contribution in [2.24, 2.45) is 0 Å². The Morgan fingerprint density at radius 2 is 2.32 bits per heavy atom. The first kappa shape index (κ1) is 13.9. The van der Waals surface area contributed by atoms with Gasteiger partial charge in [0.2, 0.25) is 0 Å². The highest BCUT2D eigenvalue weighted by Gasteiger charge is 2.22. The summed E-state index contributed by atoms with van der Waals surface area (Å²) < 4.78 is 11.1. The van der Waals surface area contributed by atoms with Crippen LogP contribution in [0.15, 0.2) is 12.1 Å². The van der Waals surface area contributed by atoms with Crippen molar-refractivity contribution in [1.82, 2.24) is 0 Å². The molecule has 0 saturated carbocycles. The Balaban J connectivity index is 2.42. The van der Waals surface area contributed by atoms with E-state index < -0.39 is 0 Å². The molecule has 1 aliphatic rings. The number of benzene rings is 1. The third-order valence-corrected chi connectivity index (χ3v) is 3.47. The average molecular weight is 263 g/mol. The van der Waals surface area contributed by atoms with Gasteiger partial charge < -0.3 is 14.4 Å². The average Bonchev–Trinajstić information content (AvgIpc) is 2.42. The van der Waals surface area contributed by atoms with E-state index in [9.17, 15) is 4.79 Å². The molecule has 0 radical (unpaired) electrons. The minimum atomic E-state index is 0.309. The van der Waals surface area contributed by atoms with Gasteiger partial charge in [-0.2, -0.15) is 0 Å². The van der Waals surface area contributed by atoms with E-state index in [1.54, 1.807) is 6.07 Å². The van der Waals surface area contributed by atoms with Crippen LogP contribution in [0.3, 0.4) is 0 Å². The van der Waals surface area contributed by atoms with Gasteiger partial charge in [0.1, 0.15) is 12.0 Å². The summed E-state index contributed by atoms with van der Waals surface area (Å²) in [7, 11) is 0. The highest BCUT2D eigenvalue weighted by Crippen LogP contribution is 2.32. The van der Waals surface area contributed by atoms with E-state index in [-0.39, 0.29) is 0 Å². The number of carbonyl (C=O) groups is 1. The fourth-order valence-electron chi connectivity index (χ4n) is 2.45. The summed E-state index contributed by atoms with van der Waals surface area (Å²) in [5.74, 6) is 0.792. The van der Waals surface area contributed by atoms with E-state index in [2.05, 4.69) is 11.8 Å². The van der Waals surface area contributed by atoms with Crippen LogP contribution in [0.25, 0.3) is 0 Å². The molecule has 4 nitrogen and oxygen atoms in total. The molecule has 0 spiro atoms. The first-order valence-corrected chi connectivity index (χ1v) is 6.74. The molecule has 2 rings (SSSR count). The Morgan fingerprint density at radius 3 is 2.95 bits per heavy atom. The van der Waals surface area contributed by atoms with Crippen molar-refractivity contribution in [3.8, 4) is 5.75 Å². The molecule has 0 N–H and O–H groups in total. The van der Waals surface area contributed by atoms with E-state index in [4.69, 9.17) is 9.47 Å². The van der Waals surface area contributed by atoms with Gasteiger partial charge in [0.25, 0.3) is 0 Å². The largest absolute Gasteiger partial charge is 0.494 e. The van der Waals surface area contributed by atoms with Crippen molar-refractivity contribution >= 4 is 12.0 Å². The number of anilines is 1. The summed E-state index contributed by atoms with van der Waals surface area (Å²) in [5.41, 5.74) is 2.81. The molecule has 1 unspecified atom stereocenters. The second kappa shape index (κ2) is 6.06. The fourth-order valence-corrected chi connectivity index (χ4v) is 2.45. The van der Waals surface area contributed by atoms with Gasteiger partial charge in [0, 0.05) is 29.4 Å². The zero-order chi connectivity index (χ0) is 13.8. The second-order valence-electron chi connectivity index (χ2n) is 4.83. The first-order valence-electron chi connectivity index (χ1n) is 6.74. The second-order valence-corrected chi connectivity index (χ2v) is 4.83. The number of carbonyl (C=O) groups excluding carboxylic acids is 1. The molecule has 1 fully saturated rings. The molecule has 0 aliphatic carbocycles. The Bertz CT molecular complexity index is 459. The molecule has 4 heteroatoms. The summed E-state index contributed by atoms with van der Waals surface area (Å²) in [4.78, 5) is 13.4. The lowest BCUT2D eigenvalue weighted by Gasteiger charge is -2.36. The minimum Gasteiger partial charge on any atom is -0.494 e. The fraction of sp³-hybridized carbons (Fsp3) is 0.533. The van der Waals surface area contributed by atoms with Gasteiger partial charge in [-0.3, -0.25) is 4.79 Å². The van der Waals surface area contributed by atoms with Crippen molar-refractivity contribution in [2.45, 2.75) is 26.8 Å². The van der Waals surface area contributed by atoms with Crippen molar-refractivity contribution < 1.29 is 14.3 Å². The molecule has 1 saturated heterocycles. The number of aldehydes is 1. The van der Waals surface area contributed by atoms with Crippen molar-refractivity contribution in [1.29, 1.82) is 0 Å². The molecule has 19 heavy (non-hydrogen) atoms. The van der Waals surface area contributed by atoms with Crippen LogP contribution in [0.1, 0.15) is 29.8 Å². The molecule has 1 aliphatic heterocycles.